The van der Waals surface area contributed by atoms with Crippen molar-refractivity contribution in [3.8, 4) is 0 Å². The molecule has 1 aliphatic heterocycles. The SMILES string of the molecule is CCNC(=NCC(C)(O)c1cccs1)NCC1CCN(c2ccc(F)c(F)c2)C1. The van der Waals surface area contributed by atoms with Crippen LogP contribution >= 0.6 is 11.3 Å². The summed E-state index contributed by atoms with van der Waals surface area (Å²) >= 11 is 1.51. The minimum Gasteiger partial charge on any atom is -0.383 e. The summed E-state index contributed by atoms with van der Waals surface area (Å²) in [5.74, 6) is -0.611. The molecule has 1 fully saturated rings. The maximum Gasteiger partial charge on any atom is 0.191 e. The van der Waals surface area contributed by atoms with E-state index in [1.54, 1.807) is 13.0 Å². The molecule has 5 nitrogen and oxygen atoms in total. The largest absolute Gasteiger partial charge is 0.383 e. The van der Waals surface area contributed by atoms with Crippen LogP contribution in [0.3, 0.4) is 0 Å². The second kappa shape index (κ2) is 9.54. The Hall–Kier alpha value is -2.19. The Kier molecular flexibility index (Phi) is 7.08. The lowest BCUT2D eigenvalue weighted by molar-refractivity contribution is 0.0711. The van der Waals surface area contributed by atoms with E-state index in [4.69, 9.17) is 0 Å². The first-order valence-electron chi connectivity index (χ1n) is 9.87. The summed E-state index contributed by atoms with van der Waals surface area (Å²) < 4.78 is 26.6. The van der Waals surface area contributed by atoms with Crippen molar-refractivity contribution in [1.29, 1.82) is 0 Å². The number of aliphatic imine (C=N–C) groups is 1. The molecule has 2 unspecified atom stereocenters. The molecule has 0 amide bonds. The van der Waals surface area contributed by atoms with Gasteiger partial charge in [-0.05, 0) is 49.8 Å². The maximum atomic E-state index is 13.5. The Labute approximate surface area is 174 Å². The molecule has 0 saturated carbocycles. The summed E-state index contributed by atoms with van der Waals surface area (Å²) in [4.78, 5) is 7.50. The molecule has 29 heavy (non-hydrogen) atoms. The number of rotatable bonds is 7. The molecular formula is C21H28F2N4OS. The Morgan fingerprint density at radius 1 is 1.31 bits per heavy atom. The average molecular weight is 423 g/mol. The monoisotopic (exact) mass is 422 g/mol. The quantitative estimate of drug-likeness (QED) is 0.473. The molecule has 3 N–H and O–H groups in total. The van der Waals surface area contributed by atoms with E-state index in [9.17, 15) is 13.9 Å². The van der Waals surface area contributed by atoms with Gasteiger partial charge >= 0.3 is 0 Å². The molecule has 2 aromatic rings. The number of aliphatic hydroxyl groups is 1. The van der Waals surface area contributed by atoms with Gasteiger partial charge in [0.25, 0.3) is 0 Å². The van der Waals surface area contributed by atoms with Crippen LogP contribution in [0.15, 0.2) is 40.7 Å². The highest BCUT2D eigenvalue weighted by atomic mass is 32.1. The Bertz CT molecular complexity index is 826. The van der Waals surface area contributed by atoms with E-state index in [-0.39, 0.29) is 6.54 Å². The molecule has 158 valence electrons. The van der Waals surface area contributed by atoms with Gasteiger partial charge in [-0.15, -0.1) is 11.3 Å². The van der Waals surface area contributed by atoms with Gasteiger partial charge in [0.15, 0.2) is 17.6 Å². The van der Waals surface area contributed by atoms with Gasteiger partial charge in [0.2, 0.25) is 0 Å². The minimum atomic E-state index is -1.01. The second-order valence-corrected chi connectivity index (χ2v) is 8.47. The predicted molar refractivity (Wildman–Crippen MR) is 115 cm³/mol. The predicted octanol–water partition coefficient (Wildman–Crippen LogP) is 3.32. The number of nitrogens with zero attached hydrogens (tertiary/aromatic N) is 2. The summed E-state index contributed by atoms with van der Waals surface area (Å²) in [5, 5.41) is 19.1. The molecule has 0 radical (unpaired) electrons. The summed E-state index contributed by atoms with van der Waals surface area (Å²) in [6, 6.07) is 7.87. The van der Waals surface area contributed by atoms with Crippen LogP contribution in [0.5, 0.6) is 0 Å². The average Bonchev–Trinajstić information content (AvgIpc) is 3.38. The zero-order valence-electron chi connectivity index (χ0n) is 16.8. The van der Waals surface area contributed by atoms with E-state index in [0.717, 1.165) is 30.9 Å². The van der Waals surface area contributed by atoms with Crippen molar-refractivity contribution in [2.75, 3.05) is 37.6 Å². The summed E-state index contributed by atoms with van der Waals surface area (Å²) in [6.45, 7) is 7.03. The van der Waals surface area contributed by atoms with Crippen LogP contribution in [-0.2, 0) is 5.60 Å². The van der Waals surface area contributed by atoms with E-state index in [1.807, 2.05) is 24.4 Å². The number of nitrogens with one attached hydrogen (secondary N) is 2. The number of hydrogen-bond donors (Lipinski definition) is 3. The molecule has 1 aliphatic rings. The second-order valence-electron chi connectivity index (χ2n) is 7.53. The van der Waals surface area contributed by atoms with Gasteiger partial charge in [0.05, 0.1) is 6.54 Å². The third kappa shape index (κ3) is 5.67. The number of anilines is 1. The topological polar surface area (TPSA) is 59.9 Å². The molecule has 1 aromatic carbocycles. The molecule has 0 bridgehead atoms. The van der Waals surface area contributed by atoms with Crippen LogP contribution < -0.4 is 15.5 Å². The normalized spacial score (nSPS) is 19.3. The molecule has 1 aromatic heterocycles. The van der Waals surface area contributed by atoms with Gasteiger partial charge in [0, 0.05) is 42.8 Å². The zero-order valence-corrected chi connectivity index (χ0v) is 17.6. The molecule has 0 aliphatic carbocycles. The van der Waals surface area contributed by atoms with Gasteiger partial charge in [0.1, 0.15) is 5.60 Å². The molecule has 1 saturated heterocycles. The van der Waals surface area contributed by atoms with Crippen molar-refractivity contribution < 1.29 is 13.9 Å². The van der Waals surface area contributed by atoms with Crippen molar-refractivity contribution in [3.63, 3.8) is 0 Å². The number of guanidine groups is 1. The van der Waals surface area contributed by atoms with Gasteiger partial charge in [-0.3, -0.25) is 0 Å². The molecule has 2 atom stereocenters. The number of benzene rings is 1. The third-order valence-corrected chi connectivity index (χ3v) is 6.18. The van der Waals surface area contributed by atoms with Gasteiger partial charge in [-0.25, -0.2) is 13.8 Å². The lowest BCUT2D eigenvalue weighted by atomic mass is 10.1. The fourth-order valence-corrected chi connectivity index (χ4v) is 4.17. The number of halogens is 2. The molecule has 8 heteroatoms. The van der Waals surface area contributed by atoms with Crippen molar-refractivity contribution in [2.45, 2.75) is 25.9 Å². The van der Waals surface area contributed by atoms with Crippen LogP contribution in [0.2, 0.25) is 0 Å². The van der Waals surface area contributed by atoms with Gasteiger partial charge in [-0.1, -0.05) is 6.07 Å². The lowest BCUT2D eigenvalue weighted by Gasteiger charge is -2.21. The van der Waals surface area contributed by atoms with E-state index in [0.29, 0.717) is 24.1 Å². The fourth-order valence-electron chi connectivity index (χ4n) is 3.39. The highest BCUT2D eigenvalue weighted by Gasteiger charge is 2.25. The summed E-state index contributed by atoms with van der Waals surface area (Å²) in [6.07, 6.45) is 0.957. The number of thiophene rings is 1. The van der Waals surface area contributed by atoms with Gasteiger partial charge < -0.3 is 20.6 Å². The first-order chi connectivity index (χ1) is 13.9. The first kappa shape index (κ1) is 21.5. The molecule has 0 spiro atoms. The van der Waals surface area contributed by atoms with Crippen molar-refractivity contribution >= 4 is 23.0 Å². The Morgan fingerprint density at radius 2 is 2.14 bits per heavy atom. The fraction of sp³-hybridized carbons (Fsp3) is 0.476. The highest BCUT2D eigenvalue weighted by Crippen LogP contribution is 2.26. The van der Waals surface area contributed by atoms with Gasteiger partial charge in [-0.2, -0.15) is 0 Å². The van der Waals surface area contributed by atoms with Crippen LogP contribution in [0, 0.1) is 17.6 Å². The van der Waals surface area contributed by atoms with Crippen LogP contribution in [0.1, 0.15) is 25.1 Å². The van der Waals surface area contributed by atoms with E-state index < -0.39 is 17.2 Å². The first-order valence-corrected chi connectivity index (χ1v) is 10.8. The van der Waals surface area contributed by atoms with Crippen molar-refractivity contribution in [3.05, 3.63) is 52.2 Å². The lowest BCUT2D eigenvalue weighted by Crippen LogP contribution is -2.41. The summed E-state index contributed by atoms with van der Waals surface area (Å²) in [7, 11) is 0. The Balaban J connectivity index is 1.54. The number of hydrogen-bond acceptors (Lipinski definition) is 4. The molecule has 2 heterocycles. The Morgan fingerprint density at radius 3 is 2.83 bits per heavy atom. The van der Waals surface area contributed by atoms with E-state index in [1.165, 1.54) is 23.5 Å². The van der Waals surface area contributed by atoms with E-state index in [2.05, 4.69) is 20.5 Å². The molecule has 3 rings (SSSR count). The van der Waals surface area contributed by atoms with Crippen LogP contribution in [-0.4, -0.2) is 43.8 Å². The van der Waals surface area contributed by atoms with E-state index >= 15 is 0 Å². The van der Waals surface area contributed by atoms with Crippen LogP contribution in [0.4, 0.5) is 14.5 Å². The van der Waals surface area contributed by atoms with Crippen LogP contribution in [0.25, 0.3) is 0 Å². The standard InChI is InChI=1S/C21H28F2N4OS/c1-3-24-20(26-14-21(2,28)19-5-4-10-29-19)25-12-15-8-9-27(13-15)16-6-7-17(22)18(23)11-16/h4-7,10-11,15,28H,3,8-9,12-14H2,1-2H3,(H2,24,25,26). The molecular weight excluding hydrogens is 394 g/mol. The summed E-state index contributed by atoms with van der Waals surface area (Å²) in [5.41, 5.74) is -0.299. The third-order valence-electron chi connectivity index (χ3n) is 5.05. The minimum absolute atomic E-state index is 0.258. The highest BCUT2D eigenvalue weighted by molar-refractivity contribution is 7.10. The zero-order chi connectivity index (χ0) is 20.9. The van der Waals surface area contributed by atoms with Crippen molar-refractivity contribution in [2.24, 2.45) is 10.9 Å². The van der Waals surface area contributed by atoms with Crippen molar-refractivity contribution in [1.82, 2.24) is 10.6 Å². The maximum absolute atomic E-state index is 13.5. The smallest absolute Gasteiger partial charge is 0.191 e.